The van der Waals surface area contributed by atoms with Crippen molar-refractivity contribution in [1.82, 2.24) is 5.16 Å². The van der Waals surface area contributed by atoms with Crippen LogP contribution in [0.3, 0.4) is 0 Å². The quantitative estimate of drug-likeness (QED) is 0.304. The summed E-state index contributed by atoms with van der Waals surface area (Å²) in [5.74, 6) is 0.473. The van der Waals surface area contributed by atoms with Crippen LogP contribution in [0.15, 0.2) is 77.3 Å². The average molecular weight is 486 g/mol. The predicted octanol–water partition coefficient (Wildman–Crippen LogP) is 5.95. The standard InChI is InChI=1S/C28H27N3O5/c1-4-34-23-17-22(24(35-5-2)16-21(23)29-27(32)20-14-10-7-11-15-20)30-28(33)25-18(3)36-31-26(25)19-12-8-6-9-13-19/h6-17H,4-5H2,1-3H3,(H,29,32)(H,30,33). The number of aromatic nitrogens is 1. The van der Waals surface area contributed by atoms with E-state index >= 15 is 0 Å². The van der Waals surface area contributed by atoms with Gasteiger partial charge < -0.3 is 24.6 Å². The van der Waals surface area contributed by atoms with Gasteiger partial charge in [0.15, 0.2) is 0 Å². The van der Waals surface area contributed by atoms with Gasteiger partial charge in [0.05, 0.1) is 24.6 Å². The van der Waals surface area contributed by atoms with E-state index < -0.39 is 5.91 Å². The summed E-state index contributed by atoms with van der Waals surface area (Å²) >= 11 is 0. The van der Waals surface area contributed by atoms with Gasteiger partial charge in [-0.15, -0.1) is 0 Å². The first-order valence-electron chi connectivity index (χ1n) is 11.6. The Kier molecular flexibility index (Phi) is 7.65. The molecule has 0 aliphatic heterocycles. The van der Waals surface area contributed by atoms with Crippen LogP contribution >= 0.6 is 0 Å². The average Bonchev–Trinajstić information content (AvgIpc) is 3.29. The molecule has 184 valence electrons. The zero-order valence-electron chi connectivity index (χ0n) is 20.3. The van der Waals surface area contributed by atoms with E-state index in [9.17, 15) is 9.59 Å². The van der Waals surface area contributed by atoms with Crippen LogP contribution in [0, 0.1) is 6.92 Å². The summed E-state index contributed by atoms with van der Waals surface area (Å²) in [6.07, 6.45) is 0. The zero-order chi connectivity index (χ0) is 25.5. The summed E-state index contributed by atoms with van der Waals surface area (Å²) in [4.78, 5) is 26.2. The van der Waals surface area contributed by atoms with Crippen LogP contribution in [0.1, 0.15) is 40.3 Å². The zero-order valence-corrected chi connectivity index (χ0v) is 20.3. The van der Waals surface area contributed by atoms with Crippen molar-refractivity contribution in [1.29, 1.82) is 0 Å². The minimum absolute atomic E-state index is 0.289. The normalized spacial score (nSPS) is 10.5. The SMILES string of the molecule is CCOc1cc(NC(=O)c2c(-c3ccccc3)noc2C)c(OCC)cc1NC(=O)c1ccccc1. The highest BCUT2D eigenvalue weighted by atomic mass is 16.5. The number of carbonyl (C=O) groups excluding carboxylic acids is 2. The Bertz CT molecular complexity index is 1350. The molecule has 4 aromatic rings. The van der Waals surface area contributed by atoms with Crippen LogP contribution in [-0.4, -0.2) is 30.2 Å². The Morgan fingerprint density at radius 2 is 1.33 bits per heavy atom. The number of ether oxygens (including phenoxy) is 2. The second kappa shape index (κ2) is 11.2. The first-order chi connectivity index (χ1) is 17.5. The van der Waals surface area contributed by atoms with Crippen LogP contribution in [-0.2, 0) is 0 Å². The molecule has 8 heteroatoms. The Hall–Kier alpha value is -4.59. The molecule has 0 aliphatic carbocycles. The molecule has 0 radical (unpaired) electrons. The molecular formula is C28H27N3O5. The number of anilines is 2. The van der Waals surface area contributed by atoms with E-state index in [2.05, 4.69) is 15.8 Å². The number of aryl methyl sites for hydroxylation is 1. The first-order valence-corrected chi connectivity index (χ1v) is 11.6. The molecule has 0 fully saturated rings. The molecule has 0 saturated carbocycles. The van der Waals surface area contributed by atoms with Crippen LogP contribution in [0.5, 0.6) is 11.5 Å². The number of hydrogen-bond acceptors (Lipinski definition) is 6. The highest BCUT2D eigenvalue weighted by molar-refractivity contribution is 6.10. The van der Waals surface area contributed by atoms with E-state index in [4.69, 9.17) is 14.0 Å². The van der Waals surface area contributed by atoms with Gasteiger partial charge in [-0.05, 0) is 32.9 Å². The maximum Gasteiger partial charge on any atom is 0.261 e. The Balaban J connectivity index is 1.68. The summed E-state index contributed by atoms with van der Waals surface area (Å²) in [7, 11) is 0. The number of amides is 2. The number of hydrogen-bond donors (Lipinski definition) is 2. The second-order valence-electron chi connectivity index (χ2n) is 7.81. The molecule has 0 bridgehead atoms. The van der Waals surface area contributed by atoms with Gasteiger partial charge in [-0.25, -0.2) is 0 Å². The summed E-state index contributed by atoms with van der Waals surface area (Å²) < 4.78 is 16.9. The Morgan fingerprint density at radius 3 is 1.89 bits per heavy atom. The van der Waals surface area contributed by atoms with Crippen molar-refractivity contribution in [2.24, 2.45) is 0 Å². The summed E-state index contributed by atoms with van der Waals surface area (Å²) in [5, 5.41) is 9.87. The maximum absolute atomic E-state index is 13.4. The number of benzene rings is 3. The van der Waals surface area contributed by atoms with Gasteiger partial charge in [-0.2, -0.15) is 0 Å². The predicted molar refractivity (Wildman–Crippen MR) is 138 cm³/mol. The maximum atomic E-state index is 13.4. The molecule has 0 aliphatic rings. The molecule has 2 N–H and O–H groups in total. The lowest BCUT2D eigenvalue weighted by molar-refractivity contribution is 0.101. The molecule has 4 rings (SSSR count). The van der Waals surface area contributed by atoms with Crippen LogP contribution in [0.4, 0.5) is 11.4 Å². The minimum atomic E-state index is -0.405. The van der Waals surface area contributed by atoms with E-state index in [1.54, 1.807) is 43.3 Å². The summed E-state index contributed by atoms with van der Waals surface area (Å²) in [6.45, 7) is 6.07. The van der Waals surface area contributed by atoms with Crippen molar-refractivity contribution in [3.05, 3.63) is 89.7 Å². The molecule has 36 heavy (non-hydrogen) atoms. The van der Waals surface area contributed by atoms with Gasteiger partial charge in [0.2, 0.25) is 0 Å². The molecule has 8 nitrogen and oxygen atoms in total. The fourth-order valence-electron chi connectivity index (χ4n) is 3.71. The molecule has 1 heterocycles. The highest BCUT2D eigenvalue weighted by Crippen LogP contribution is 2.38. The number of nitrogens with one attached hydrogen (secondary N) is 2. The van der Waals surface area contributed by atoms with Gasteiger partial charge in [0.25, 0.3) is 11.8 Å². The van der Waals surface area contributed by atoms with Crippen molar-refractivity contribution >= 4 is 23.2 Å². The lowest BCUT2D eigenvalue weighted by Crippen LogP contribution is -2.16. The molecule has 0 spiro atoms. The van der Waals surface area contributed by atoms with Gasteiger partial charge in [0.1, 0.15) is 28.5 Å². The lowest BCUT2D eigenvalue weighted by Gasteiger charge is -2.18. The van der Waals surface area contributed by atoms with Gasteiger partial charge in [0, 0.05) is 23.3 Å². The van der Waals surface area contributed by atoms with Crippen molar-refractivity contribution in [2.75, 3.05) is 23.8 Å². The third-order valence-corrected chi connectivity index (χ3v) is 5.35. The van der Waals surface area contributed by atoms with E-state index in [0.717, 1.165) is 5.56 Å². The second-order valence-corrected chi connectivity index (χ2v) is 7.81. The molecule has 2 amide bonds. The van der Waals surface area contributed by atoms with Crippen molar-refractivity contribution in [2.45, 2.75) is 20.8 Å². The largest absolute Gasteiger partial charge is 0.492 e. The lowest BCUT2D eigenvalue weighted by atomic mass is 10.1. The molecule has 3 aromatic carbocycles. The molecule has 0 unspecified atom stereocenters. The topological polar surface area (TPSA) is 103 Å². The third kappa shape index (κ3) is 5.38. The van der Waals surface area contributed by atoms with Crippen molar-refractivity contribution in [3.8, 4) is 22.8 Å². The smallest absolute Gasteiger partial charge is 0.261 e. The van der Waals surface area contributed by atoms with Crippen LogP contribution in [0.25, 0.3) is 11.3 Å². The number of rotatable bonds is 9. The van der Waals surface area contributed by atoms with Crippen molar-refractivity contribution in [3.63, 3.8) is 0 Å². The van der Waals surface area contributed by atoms with Crippen LogP contribution < -0.4 is 20.1 Å². The van der Waals surface area contributed by atoms with Crippen LogP contribution in [0.2, 0.25) is 0 Å². The fraction of sp³-hybridized carbons (Fsp3) is 0.179. The highest BCUT2D eigenvalue weighted by Gasteiger charge is 2.24. The number of carbonyl (C=O) groups is 2. The molecule has 0 saturated heterocycles. The molecule has 1 aromatic heterocycles. The first kappa shape index (κ1) is 24.5. The monoisotopic (exact) mass is 485 g/mol. The summed E-state index contributed by atoms with van der Waals surface area (Å²) in [5.41, 5.74) is 2.86. The van der Waals surface area contributed by atoms with E-state index in [1.807, 2.05) is 50.2 Å². The summed E-state index contributed by atoms with van der Waals surface area (Å²) in [6, 6.07) is 21.5. The van der Waals surface area contributed by atoms with Gasteiger partial charge in [-0.1, -0.05) is 53.7 Å². The molecule has 0 atom stereocenters. The fourth-order valence-corrected chi connectivity index (χ4v) is 3.71. The van der Waals surface area contributed by atoms with E-state index in [0.29, 0.717) is 58.7 Å². The van der Waals surface area contributed by atoms with E-state index in [-0.39, 0.29) is 5.91 Å². The van der Waals surface area contributed by atoms with Gasteiger partial charge >= 0.3 is 0 Å². The Morgan fingerprint density at radius 1 is 0.806 bits per heavy atom. The van der Waals surface area contributed by atoms with Gasteiger partial charge in [-0.3, -0.25) is 9.59 Å². The minimum Gasteiger partial charge on any atom is -0.492 e. The number of nitrogens with zero attached hydrogens (tertiary/aromatic N) is 1. The Labute approximate surface area is 209 Å². The molecular weight excluding hydrogens is 458 g/mol. The van der Waals surface area contributed by atoms with E-state index in [1.165, 1.54) is 0 Å². The third-order valence-electron chi connectivity index (χ3n) is 5.35. The van der Waals surface area contributed by atoms with Crippen molar-refractivity contribution < 1.29 is 23.6 Å².